The summed E-state index contributed by atoms with van der Waals surface area (Å²) in [6.07, 6.45) is 0. The Morgan fingerprint density at radius 1 is 1.30 bits per heavy atom. The van der Waals surface area contributed by atoms with Crippen molar-refractivity contribution in [2.75, 3.05) is 32.9 Å². The van der Waals surface area contributed by atoms with Gasteiger partial charge in [-0.2, -0.15) is 0 Å². The topological polar surface area (TPSA) is 67.8 Å². The molecule has 0 radical (unpaired) electrons. The van der Waals surface area contributed by atoms with Gasteiger partial charge in [0, 0.05) is 13.1 Å². The van der Waals surface area contributed by atoms with Gasteiger partial charge < -0.3 is 19.9 Å². The average molecular weight is 279 g/mol. The van der Waals surface area contributed by atoms with E-state index in [-0.39, 0.29) is 5.56 Å². The highest BCUT2D eigenvalue weighted by Crippen LogP contribution is 2.17. The lowest BCUT2D eigenvalue weighted by Crippen LogP contribution is -2.25. The lowest BCUT2D eigenvalue weighted by Gasteiger charge is -2.10. The van der Waals surface area contributed by atoms with Crippen LogP contribution in [0.15, 0.2) is 36.4 Å². The van der Waals surface area contributed by atoms with Crippen LogP contribution in [-0.4, -0.2) is 44.0 Å². The predicted octanol–water partition coefficient (Wildman–Crippen LogP) is 1.95. The molecule has 0 aliphatic heterocycles. The fraction of sp³-hybridized carbons (Fsp3) is 0.400. The third-order valence-corrected chi connectivity index (χ3v) is 2.43. The van der Waals surface area contributed by atoms with E-state index in [0.717, 1.165) is 12.1 Å². The summed E-state index contributed by atoms with van der Waals surface area (Å²) in [5.74, 6) is -0.595. The van der Waals surface area contributed by atoms with Crippen LogP contribution in [-0.2, 0) is 4.74 Å². The maximum Gasteiger partial charge on any atom is 0.339 e. The minimum absolute atomic E-state index is 0.178. The fourth-order valence-electron chi connectivity index (χ4n) is 1.52. The molecular formula is C15H21NO4. The fourth-order valence-corrected chi connectivity index (χ4v) is 1.52. The van der Waals surface area contributed by atoms with Gasteiger partial charge in [0.2, 0.25) is 0 Å². The predicted molar refractivity (Wildman–Crippen MR) is 77.4 cm³/mol. The Labute approximate surface area is 119 Å². The quantitative estimate of drug-likeness (QED) is 0.506. The van der Waals surface area contributed by atoms with Gasteiger partial charge in [0.1, 0.15) is 17.9 Å². The Bertz CT molecular complexity index is 445. The number of hydrogen-bond acceptors (Lipinski definition) is 4. The standard InChI is InChI=1S/C15H21NO4/c1-12(2)11-19-9-7-16-8-10-20-14-6-4-3-5-13(14)15(17)18/h3-6,16H,1,7-11H2,2H3,(H,17,18). The molecule has 0 atom stereocenters. The van der Waals surface area contributed by atoms with Gasteiger partial charge in [0.25, 0.3) is 0 Å². The number of nitrogens with one attached hydrogen (secondary N) is 1. The normalized spacial score (nSPS) is 10.2. The molecule has 5 heteroatoms. The molecule has 0 saturated heterocycles. The van der Waals surface area contributed by atoms with Crippen LogP contribution >= 0.6 is 0 Å². The Balaban J connectivity index is 2.15. The van der Waals surface area contributed by atoms with Crippen molar-refractivity contribution in [2.24, 2.45) is 0 Å². The summed E-state index contributed by atoms with van der Waals surface area (Å²) in [7, 11) is 0. The minimum atomic E-state index is -0.984. The van der Waals surface area contributed by atoms with Crippen LogP contribution in [0.4, 0.5) is 0 Å². The van der Waals surface area contributed by atoms with E-state index in [4.69, 9.17) is 14.6 Å². The van der Waals surface area contributed by atoms with Crippen LogP contribution in [0.25, 0.3) is 0 Å². The van der Waals surface area contributed by atoms with Crippen molar-refractivity contribution in [3.8, 4) is 5.75 Å². The van der Waals surface area contributed by atoms with E-state index in [9.17, 15) is 4.79 Å². The van der Waals surface area contributed by atoms with Crippen molar-refractivity contribution in [1.29, 1.82) is 0 Å². The van der Waals surface area contributed by atoms with E-state index < -0.39 is 5.97 Å². The number of carboxylic acid groups (broad SMARTS) is 1. The van der Waals surface area contributed by atoms with E-state index in [0.29, 0.717) is 32.1 Å². The summed E-state index contributed by atoms with van der Waals surface area (Å²) in [5, 5.41) is 12.1. The summed E-state index contributed by atoms with van der Waals surface area (Å²) in [6.45, 7) is 8.60. The van der Waals surface area contributed by atoms with E-state index in [2.05, 4.69) is 11.9 Å². The van der Waals surface area contributed by atoms with Crippen molar-refractivity contribution < 1.29 is 19.4 Å². The number of ether oxygens (including phenoxy) is 2. The highest BCUT2D eigenvalue weighted by molar-refractivity contribution is 5.90. The van der Waals surface area contributed by atoms with Crippen molar-refractivity contribution in [2.45, 2.75) is 6.92 Å². The van der Waals surface area contributed by atoms with Gasteiger partial charge in [0.15, 0.2) is 0 Å². The first-order valence-electron chi connectivity index (χ1n) is 6.49. The maximum absolute atomic E-state index is 11.0. The van der Waals surface area contributed by atoms with Crippen LogP contribution in [0.2, 0.25) is 0 Å². The number of carbonyl (C=O) groups is 1. The molecule has 0 saturated carbocycles. The van der Waals surface area contributed by atoms with Crippen LogP contribution in [0, 0.1) is 0 Å². The van der Waals surface area contributed by atoms with Crippen molar-refractivity contribution >= 4 is 5.97 Å². The highest BCUT2D eigenvalue weighted by atomic mass is 16.5. The number of rotatable bonds is 10. The van der Waals surface area contributed by atoms with Crippen molar-refractivity contribution in [3.05, 3.63) is 42.0 Å². The Morgan fingerprint density at radius 2 is 2.00 bits per heavy atom. The zero-order chi connectivity index (χ0) is 14.8. The molecule has 5 nitrogen and oxygen atoms in total. The van der Waals surface area contributed by atoms with Gasteiger partial charge in [-0.1, -0.05) is 24.3 Å². The molecule has 0 bridgehead atoms. The van der Waals surface area contributed by atoms with E-state index in [1.807, 2.05) is 6.92 Å². The molecule has 0 amide bonds. The Morgan fingerprint density at radius 3 is 2.70 bits per heavy atom. The molecule has 1 aromatic carbocycles. The summed E-state index contributed by atoms with van der Waals surface area (Å²) < 4.78 is 10.8. The molecular weight excluding hydrogens is 258 g/mol. The number of para-hydroxylation sites is 1. The average Bonchev–Trinajstić information content (AvgIpc) is 2.41. The number of benzene rings is 1. The zero-order valence-electron chi connectivity index (χ0n) is 11.7. The van der Waals surface area contributed by atoms with Gasteiger partial charge in [-0.3, -0.25) is 0 Å². The largest absolute Gasteiger partial charge is 0.491 e. The number of hydrogen-bond donors (Lipinski definition) is 2. The summed E-state index contributed by atoms with van der Waals surface area (Å²) in [5.41, 5.74) is 1.18. The highest BCUT2D eigenvalue weighted by Gasteiger charge is 2.09. The molecule has 0 heterocycles. The maximum atomic E-state index is 11.0. The number of aromatic carboxylic acids is 1. The van der Waals surface area contributed by atoms with Crippen LogP contribution in [0.5, 0.6) is 5.75 Å². The lowest BCUT2D eigenvalue weighted by atomic mass is 10.2. The molecule has 0 spiro atoms. The van der Waals surface area contributed by atoms with E-state index in [1.54, 1.807) is 18.2 Å². The first-order chi connectivity index (χ1) is 9.61. The van der Waals surface area contributed by atoms with Crippen LogP contribution < -0.4 is 10.1 Å². The smallest absolute Gasteiger partial charge is 0.339 e. The first-order valence-corrected chi connectivity index (χ1v) is 6.49. The molecule has 110 valence electrons. The van der Waals surface area contributed by atoms with Gasteiger partial charge in [-0.25, -0.2) is 4.79 Å². The summed E-state index contributed by atoms with van der Waals surface area (Å²) in [4.78, 5) is 11.0. The second-order valence-electron chi connectivity index (χ2n) is 4.41. The van der Waals surface area contributed by atoms with Crippen molar-refractivity contribution in [1.82, 2.24) is 5.32 Å². The van der Waals surface area contributed by atoms with E-state index in [1.165, 1.54) is 6.07 Å². The van der Waals surface area contributed by atoms with Gasteiger partial charge in [0.05, 0.1) is 13.2 Å². The Kier molecular flexibility index (Phi) is 7.39. The van der Waals surface area contributed by atoms with Gasteiger partial charge >= 0.3 is 5.97 Å². The zero-order valence-corrected chi connectivity index (χ0v) is 11.7. The Hall–Kier alpha value is -1.85. The van der Waals surface area contributed by atoms with Crippen LogP contribution in [0.1, 0.15) is 17.3 Å². The SMILES string of the molecule is C=C(C)COCCNCCOc1ccccc1C(=O)O. The van der Waals surface area contributed by atoms with Crippen LogP contribution in [0.3, 0.4) is 0 Å². The molecule has 0 aliphatic carbocycles. The van der Waals surface area contributed by atoms with Gasteiger partial charge in [-0.05, 0) is 19.1 Å². The third kappa shape index (κ3) is 6.36. The molecule has 20 heavy (non-hydrogen) atoms. The first kappa shape index (κ1) is 16.2. The van der Waals surface area contributed by atoms with E-state index >= 15 is 0 Å². The number of carboxylic acids is 1. The summed E-state index contributed by atoms with van der Waals surface area (Å²) in [6, 6.07) is 6.60. The van der Waals surface area contributed by atoms with Crippen molar-refractivity contribution in [3.63, 3.8) is 0 Å². The molecule has 0 aliphatic rings. The van der Waals surface area contributed by atoms with Gasteiger partial charge in [-0.15, -0.1) is 0 Å². The minimum Gasteiger partial charge on any atom is -0.491 e. The lowest BCUT2D eigenvalue weighted by molar-refractivity contribution is 0.0692. The second-order valence-corrected chi connectivity index (χ2v) is 4.41. The molecule has 1 aromatic rings. The molecule has 1 rings (SSSR count). The molecule has 0 aromatic heterocycles. The third-order valence-electron chi connectivity index (χ3n) is 2.43. The molecule has 2 N–H and O–H groups in total. The molecule has 0 fully saturated rings. The molecule has 0 unspecified atom stereocenters. The monoisotopic (exact) mass is 279 g/mol. The summed E-state index contributed by atoms with van der Waals surface area (Å²) >= 11 is 0. The second kappa shape index (κ2) is 9.12.